The predicted octanol–water partition coefficient (Wildman–Crippen LogP) is 7.30. The van der Waals surface area contributed by atoms with Crippen molar-refractivity contribution in [1.29, 1.82) is 0 Å². The molecular weight excluding hydrogens is 468 g/mol. The van der Waals surface area contributed by atoms with Crippen molar-refractivity contribution in [3.63, 3.8) is 0 Å². The van der Waals surface area contributed by atoms with Crippen LogP contribution in [-0.4, -0.2) is 14.5 Å². The van der Waals surface area contributed by atoms with Gasteiger partial charge < -0.3 is 4.42 Å². The molecule has 0 radical (unpaired) electrons. The molecule has 0 bridgehead atoms. The maximum Gasteiger partial charge on any atom is 0.297 e. The molecule has 5 nitrogen and oxygen atoms in total. The Morgan fingerprint density at radius 2 is 1.39 bits per heavy atom. The Morgan fingerprint density at radius 3 is 2.16 bits per heavy atom. The second kappa shape index (κ2) is 8.82. The molecule has 3 aromatic heterocycles. The molecule has 0 aliphatic rings. The topological polar surface area (TPSA) is 47.7 Å². The van der Waals surface area contributed by atoms with Gasteiger partial charge in [0.2, 0.25) is 0 Å². The first kappa shape index (κ1) is 22.2. The first-order chi connectivity index (χ1) is 18.7. The van der Waals surface area contributed by atoms with Gasteiger partial charge in [-0.1, -0.05) is 66.7 Å². The zero-order valence-corrected chi connectivity index (χ0v) is 21.2. The summed E-state index contributed by atoms with van der Waals surface area (Å²) in [6, 6.07) is 31.5. The van der Waals surface area contributed by atoms with Crippen molar-refractivity contribution in [3.8, 4) is 39.6 Å². The Hall–Kier alpha value is -5.03. The van der Waals surface area contributed by atoms with Crippen molar-refractivity contribution in [2.24, 2.45) is 7.05 Å². The molecule has 0 atom stereocenters. The van der Waals surface area contributed by atoms with E-state index in [1.54, 1.807) is 12.4 Å². The highest BCUT2D eigenvalue weighted by molar-refractivity contribution is 6.09. The minimum absolute atomic E-state index is 0.733. The number of hydrogen-bond donors (Lipinski definition) is 0. The minimum Gasteiger partial charge on any atom is -0.455 e. The number of imidazole rings is 1. The van der Waals surface area contributed by atoms with Gasteiger partial charge in [0.25, 0.3) is 5.82 Å². The van der Waals surface area contributed by atoms with Crippen molar-refractivity contribution < 1.29 is 8.98 Å². The predicted molar refractivity (Wildman–Crippen MR) is 151 cm³/mol. The van der Waals surface area contributed by atoms with E-state index in [2.05, 4.69) is 118 Å². The van der Waals surface area contributed by atoms with Gasteiger partial charge in [0.15, 0.2) is 11.4 Å². The maximum atomic E-state index is 6.42. The van der Waals surface area contributed by atoms with Crippen LogP contribution in [0.25, 0.3) is 61.5 Å². The zero-order chi connectivity index (χ0) is 25.6. The maximum absolute atomic E-state index is 6.42. The summed E-state index contributed by atoms with van der Waals surface area (Å²) in [6.45, 7) is 2.15. The van der Waals surface area contributed by atoms with Crippen LogP contribution in [-0.2, 0) is 7.05 Å². The molecule has 0 amide bonds. The average Bonchev–Trinajstić information content (AvgIpc) is 3.54. The van der Waals surface area contributed by atoms with E-state index >= 15 is 0 Å². The Balaban J connectivity index is 1.28. The van der Waals surface area contributed by atoms with E-state index in [1.165, 1.54) is 5.56 Å². The standard InChI is InChI=1S/C33H25N4O/c1-22-8-17-28-27-6-3-4-7-29(27)38-31(28)30(22)33-36(2)20-21-37(33)26-15-13-24(14-16-26)23-9-11-25(12-10-23)32-34-18-5-19-35-32/h3-21H,1-2H3/q+1. The van der Waals surface area contributed by atoms with E-state index in [1.807, 2.05) is 18.2 Å². The van der Waals surface area contributed by atoms with Gasteiger partial charge in [-0.15, -0.1) is 0 Å². The van der Waals surface area contributed by atoms with Crippen molar-refractivity contribution in [2.75, 3.05) is 0 Å². The summed E-state index contributed by atoms with van der Waals surface area (Å²) in [5.41, 5.74) is 8.50. The van der Waals surface area contributed by atoms with Crippen molar-refractivity contribution in [2.45, 2.75) is 6.92 Å². The summed E-state index contributed by atoms with van der Waals surface area (Å²) in [6.07, 6.45) is 7.73. The van der Waals surface area contributed by atoms with Crippen molar-refractivity contribution in [3.05, 3.63) is 121 Å². The highest BCUT2D eigenvalue weighted by Crippen LogP contribution is 2.37. The van der Waals surface area contributed by atoms with Crippen molar-refractivity contribution >= 4 is 21.9 Å². The van der Waals surface area contributed by atoms with Gasteiger partial charge >= 0.3 is 0 Å². The van der Waals surface area contributed by atoms with Crippen LogP contribution in [0.15, 0.2) is 120 Å². The Kier molecular flexibility index (Phi) is 5.15. The molecule has 0 aliphatic heterocycles. The van der Waals surface area contributed by atoms with Crippen LogP contribution in [0.3, 0.4) is 0 Å². The number of furan rings is 1. The SMILES string of the molecule is Cc1ccc2c(oc3ccccc32)c1-c1n(-c2ccc(-c3ccc(-c4ncccn4)cc3)cc2)cc[n+]1C. The van der Waals surface area contributed by atoms with E-state index in [-0.39, 0.29) is 0 Å². The smallest absolute Gasteiger partial charge is 0.297 e. The van der Waals surface area contributed by atoms with Gasteiger partial charge in [-0.2, -0.15) is 4.57 Å². The molecule has 0 unspecified atom stereocenters. The largest absolute Gasteiger partial charge is 0.455 e. The molecule has 182 valence electrons. The molecule has 0 fully saturated rings. The summed E-state index contributed by atoms with van der Waals surface area (Å²) >= 11 is 0. The summed E-state index contributed by atoms with van der Waals surface area (Å²) in [7, 11) is 2.08. The third-order valence-corrected chi connectivity index (χ3v) is 7.17. The molecule has 3 heterocycles. The number of hydrogen-bond acceptors (Lipinski definition) is 3. The number of nitrogens with zero attached hydrogens (tertiary/aromatic N) is 4. The van der Waals surface area contributed by atoms with Gasteiger partial charge in [0.05, 0.1) is 7.05 Å². The number of fused-ring (bicyclic) bond motifs is 3. The monoisotopic (exact) mass is 493 g/mol. The fourth-order valence-electron chi connectivity index (χ4n) is 5.22. The molecule has 0 spiro atoms. The van der Waals surface area contributed by atoms with Gasteiger partial charge in [0.1, 0.15) is 29.2 Å². The van der Waals surface area contributed by atoms with Crippen LogP contribution < -0.4 is 4.57 Å². The zero-order valence-electron chi connectivity index (χ0n) is 21.2. The number of aromatic nitrogens is 4. The molecule has 38 heavy (non-hydrogen) atoms. The van der Waals surface area contributed by atoms with Crippen LogP contribution in [0.2, 0.25) is 0 Å². The normalized spacial score (nSPS) is 11.4. The number of benzene rings is 4. The lowest BCUT2D eigenvalue weighted by molar-refractivity contribution is -0.659. The van der Waals surface area contributed by atoms with Gasteiger partial charge in [0, 0.05) is 28.7 Å². The Bertz CT molecular complexity index is 1920. The fraction of sp³-hybridized carbons (Fsp3) is 0.0606. The van der Waals surface area contributed by atoms with E-state index in [9.17, 15) is 0 Å². The highest BCUT2D eigenvalue weighted by atomic mass is 16.3. The lowest BCUT2D eigenvalue weighted by Crippen LogP contribution is -2.29. The number of rotatable bonds is 4. The third-order valence-electron chi connectivity index (χ3n) is 7.17. The van der Waals surface area contributed by atoms with E-state index in [0.29, 0.717) is 0 Å². The summed E-state index contributed by atoms with van der Waals surface area (Å²) < 4.78 is 10.8. The van der Waals surface area contributed by atoms with Crippen LogP contribution in [0.5, 0.6) is 0 Å². The van der Waals surface area contributed by atoms with Gasteiger partial charge in [-0.05, 0) is 47.9 Å². The van der Waals surface area contributed by atoms with Crippen LogP contribution in [0.1, 0.15) is 5.56 Å². The van der Waals surface area contributed by atoms with Crippen LogP contribution in [0, 0.1) is 6.92 Å². The van der Waals surface area contributed by atoms with E-state index < -0.39 is 0 Å². The van der Waals surface area contributed by atoms with Crippen LogP contribution in [0.4, 0.5) is 0 Å². The molecular formula is C33H25N4O+. The highest BCUT2D eigenvalue weighted by Gasteiger charge is 2.26. The molecule has 7 rings (SSSR count). The lowest BCUT2D eigenvalue weighted by atomic mass is 10.0. The average molecular weight is 494 g/mol. The quantitative estimate of drug-likeness (QED) is 0.242. The molecule has 0 saturated carbocycles. The molecule has 5 heteroatoms. The van der Waals surface area contributed by atoms with Crippen LogP contribution >= 0.6 is 0 Å². The first-order valence-electron chi connectivity index (χ1n) is 12.6. The van der Waals surface area contributed by atoms with Crippen molar-refractivity contribution in [1.82, 2.24) is 14.5 Å². The van der Waals surface area contributed by atoms with E-state index in [4.69, 9.17) is 4.42 Å². The second-order valence-corrected chi connectivity index (χ2v) is 9.53. The molecule has 0 saturated heterocycles. The van der Waals surface area contributed by atoms with Gasteiger partial charge in [-0.3, -0.25) is 0 Å². The summed E-state index contributed by atoms with van der Waals surface area (Å²) in [5, 5.41) is 2.27. The molecule has 7 aromatic rings. The second-order valence-electron chi connectivity index (χ2n) is 9.53. The minimum atomic E-state index is 0.733. The Labute approximate surface area is 220 Å². The molecule has 0 aliphatic carbocycles. The third kappa shape index (κ3) is 3.59. The molecule has 4 aromatic carbocycles. The molecule has 0 N–H and O–H groups in total. The number of aryl methyl sites for hydroxylation is 2. The summed E-state index contributed by atoms with van der Waals surface area (Å²) in [4.78, 5) is 8.69. The number of para-hydroxylation sites is 1. The first-order valence-corrected chi connectivity index (χ1v) is 12.6. The van der Waals surface area contributed by atoms with E-state index in [0.717, 1.165) is 61.5 Å². The fourth-order valence-corrected chi connectivity index (χ4v) is 5.22. The Morgan fingerprint density at radius 1 is 0.711 bits per heavy atom. The summed E-state index contributed by atoms with van der Waals surface area (Å²) in [5.74, 6) is 1.81. The van der Waals surface area contributed by atoms with Gasteiger partial charge in [-0.25, -0.2) is 14.5 Å². The lowest BCUT2D eigenvalue weighted by Gasteiger charge is -2.08.